The third-order valence-electron chi connectivity index (χ3n) is 2.88. The van der Waals surface area contributed by atoms with Gasteiger partial charge >= 0.3 is 0 Å². The molecule has 1 aliphatic rings. The standard InChI is InChI=1S/C10H21NO/c1-2-11-10(8-12)9-6-4-3-5-7-9/h9-12H,2-8H2,1H3. The van der Waals surface area contributed by atoms with Gasteiger partial charge in [-0.2, -0.15) is 0 Å². The van der Waals surface area contributed by atoms with Crippen molar-refractivity contribution in [3.05, 3.63) is 0 Å². The van der Waals surface area contributed by atoms with Gasteiger partial charge in [-0.3, -0.25) is 0 Å². The van der Waals surface area contributed by atoms with E-state index in [1.807, 2.05) is 0 Å². The molecule has 2 heteroatoms. The third kappa shape index (κ3) is 2.76. The lowest BCUT2D eigenvalue weighted by molar-refractivity contribution is 0.173. The lowest BCUT2D eigenvalue weighted by Crippen LogP contribution is -2.39. The summed E-state index contributed by atoms with van der Waals surface area (Å²) in [4.78, 5) is 0. The highest BCUT2D eigenvalue weighted by molar-refractivity contribution is 4.78. The highest BCUT2D eigenvalue weighted by Crippen LogP contribution is 2.26. The van der Waals surface area contributed by atoms with Gasteiger partial charge in [0.15, 0.2) is 0 Å². The molecule has 1 aliphatic carbocycles. The molecule has 0 radical (unpaired) electrons. The van der Waals surface area contributed by atoms with Crippen LogP contribution in [0.4, 0.5) is 0 Å². The van der Waals surface area contributed by atoms with Crippen LogP contribution >= 0.6 is 0 Å². The molecule has 2 N–H and O–H groups in total. The van der Waals surface area contributed by atoms with Gasteiger partial charge in [0.1, 0.15) is 0 Å². The highest BCUT2D eigenvalue weighted by atomic mass is 16.3. The normalized spacial score (nSPS) is 22.5. The predicted molar refractivity (Wildman–Crippen MR) is 51.1 cm³/mol. The minimum Gasteiger partial charge on any atom is -0.395 e. The van der Waals surface area contributed by atoms with Crippen molar-refractivity contribution in [3.63, 3.8) is 0 Å². The monoisotopic (exact) mass is 171 g/mol. The molecule has 1 rings (SSSR count). The summed E-state index contributed by atoms with van der Waals surface area (Å²) in [6.45, 7) is 3.38. The van der Waals surface area contributed by atoms with Gasteiger partial charge in [0.25, 0.3) is 0 Å². The minimum absolute atomic E-state index is 0.304. The summed E-state index contributed by atoms with van der Waals surface area (Å²) in [6, 6.07) is 0.357. The molecule has 72 valence electrons. The van der Waals surface area contributed by atoms with Crippen molar-refractivity contribution in [2.75, 3.05) is 13.2 Å². The summed E-state index contributed by atoms with van der Waals surface area (Å²) in [5.41, 5.74) is 0. The molecule has 0 aromatic rings. The number of nitrogens with one attached hydrogen (secondary N) is 1. The van der Waals surface area contributed by atoms with E-state index in [9.17, 15) is 0 Å². The fourth-order valence-corrected chi connectivity index (χ4v) is 2.18. The van der Waals surface area contributed by atoms with Gasteiger partial charge < -0.3 is 10.4 Å². The average Bonchev–Trinajstić information content (AvgIpc) is 2.15. The van der Waals surface area contributed by atoms with E-state index in [2.05, 4.69) is 12.2 Å². The summed E-state index contributed by atoms with van der Waals surface area (Å²) >= 11 is 0. The van der Waals surface area contributed by atoms with Crippen LogP contribution in [0.1, 0.15) is 39.0 Å². The molecule has 0 aromatic carbocycles. The van der Waals surface area contributed by atoms with Crippen LogP contribution in [0.2, 0.25) is 0 Å². The number of aliphatic hydroxyl groups is 1. The van der Waals surface area contributed by atoms with E-state index in [-0.39, 0.29) is 0 Å². The van der Waals surface area contributed by atoms with Crippen LogP contribution in [0.3, 0.4) is 0 Å². The van der Waals surface area contributed by atoms with Crippen molar-refractivity contribution in [1.82, 2.24) is 5.32 Å². The fraction of sp³-hybridized carbons (Fsp3) is 1.00. The van der Waals surface area contributed by atoms with E-state index in [4.69, 9.17) is 5.11 Å². The second-order valence-corrected chi connectivity index (χ2v) is 3.74. The zero-order valence-corrected chi connectivity index (χ0v) is 8.05. The van der Waals surface area contributed by atoms with Crippen LogP contribution in [0, 0.1) is 5.92 Å². The Labute approximate surface area is 75.4 Å². The van der Waals surface area contributed by atoms with Crippen molar-refractivity contribution in [1.29, 1.82) is 0 Å². The van der Waals surface area contributed by atoms with Crippen molar-refractivity contribution >= 4 is 0 Å². The van der Waals surface area contributed by atoms with Gasteiger partial charge in [0.05, 0.1) is 6.61 Å². The number of rotatable bonds is 4. The Morgan fingerprint density at radius 2 is 2.00 bits per heavy atom. The molecule has 0 aromatic heterocycles. The second-order valence-electron chi connectivity index (χ2n) is 3.74. The molecular formula is C10H21NO. The molecule has 2 nitrogen and oxygen atoms in total. The van der Waals surface area contributed by atoms with E-state index >= 15 is 0 Å². The SMILES string of the molecule is CCNC(CO)C1CCCCC1. The molecule has 0 amide bonds. The Balaban J connectivity index is 2.29. The van der Waals surface area contributed by atoms with Gasteiger partial charge in [-0.25, -0.2) is 0 Å². The van der Waals surface area contributed by atoms with Crippen LogP contribution in [0.25, 0.3) is 0 Å². The summed E-state index contributed by atoms with van der Waals surface area (Å²) in [5.74, 6) is 0.726. The summed E-state index contributed by atoms with van der Waals surface area (Å²) in [7, 11) is 0. The maximum atomic E-state index is 9.15. The van der Waals surface area contributed by atoms with Gasteiger partial charge in [0.2, 0.25) is 0 Å². The average molecular weight is 171 g/mol. The minimum atomic E-state index is 0.304. The maximum absolute atomic E-state index is 9.15. The number of hydrogen-bond acceptors (Lipinski definition) is 2. The first-order valence-corrected chi connectivity index (χ1v) is 5.22. The summed E-state index contributed by atoms with van der Waals surface area (Å²) in [6.07, 6.45) is 6.70. The Kier molecular flexibility index (Phi) is 4.62. The molecule has 1 atom stereocenters. The summed E-state index contributed by atoms with van der Waals surface area (Å²) < 4.78 is 0. The molecule has 0 aliphatic heterocycles. The first-order chi connectivity index (χ1) is 5.88. The Bertz CT molecular complexity index is 108. The quantitative estimate of drug-likeness (QED) is 0.672. The first-order valence-electron chi connectivity index (χ1n) is 5.22. The van der Waals surface area contributed by atoms with Crippen molar-refractivity contribution in [2.24, 2.45) is 5.92 Å². The molecule has 12 heavy (non-hydrogen) atoms. The van der Waals surface area contributed by atoms with Crippen molar-refractivity contribution in [3.8, 4) is 0 Å². The highest BCUT2D eigenvalue weighted by Gasteiger charge is 2.21. The van der Waals surface area contributed by atoms with Crippen LogP contribution in [-0.4, -0.2) is 24.3 Å². The molecule has 1 saturated carbocycles. The van der Waals surface area contributed by atoms with E-state index in [0.717, 1.165) is 12.5 Å². The number of hydrogen-bond donors (Lipinski definition) is 2. The molecule has 0 saturated heterocycles. The van der Waals surface area contributed by atoms with Gasteiger partial charge in [-0.05, 0) is 25.3 Å². The van der Waals surface area contributed by atoms with E-state index in [0.29, 0.717) is 12.6 Å². The number of aliphatic hydroxyl groups excluding tert-OH is 1. The van der Waals surface area contributed by atoms with E-state index in [1.165, 1.54) is 32.1 Å². The van der Waals surface area contributed by atoms with E-state index < -0.39 is 0 Å². The topological polar surface area (TPSA) is 32.3 Å². The zero-order valence-electron chi connectivity index (χ0n) is 8.05. The van der Waals surface area contributed by atoms with Gasteiger partial charge in [0, 0.05) is 6.04 Å². The van der Waals surface area contributed by atoms with Gasteiger partial charge in [-0.15, -0.1) is 0 Å². The maximum Gasteiger partial charge on any atom is 0.0587 e. The number of likely N-dealkylation sites (N-methyl/N-ethyl adjacent to an activating group) is 1. The molecule has 0 heterocycles. The fourth-order valence-electron chi connectivity index (χ4n) is 2.18. The first kappa shape index (κ1) is 10.0. The van der Waals surface area contributed by atoms with Crippen LogP contribution in [0.5, 0.6) is 0 Å². The lowest BCUT2D eigenvalue weighted by atomic mass is 9.84. The predicted octanol–water partition coefficient (Wildman–Crippen LogP) is 1.54. The van der Waals surface area contributed by atoms with Crippen LogP contribution in [0.15, 0.2) is 0 Å². The molecular weight excluding hydrogens is 150 g/mol. The molecule has 0 bridgehead atoms. The Hall–Kier alpha value is -0.0800. The molecule has 1 unspecified atom stereocenters. The largest absolute Gasteiger partial charge is 0.395 e. The molecule has 0 spiro atoms. The van der Waals surface area contributed by atoms with Crippen LogP contribution in [-0.2, 0) is 0 Å². The Morgan fingerprint density at radius 3 is 2.50 bits per heavy atom. The zero-order chi connectivity index (χ0) is 8.81. The van der Waals surface area contributed by atoms with Gasteiger partial charge in [-0.1, -0.05) is 26.2 Å². The van der Waals surface area contributed by atoms with Crippen molar-refractivity contribution < 1.29 is 5.11 Å². The third-order valence-corrected chi connectivity index (χ3v) is 2.88. The van der Waals surface area contributed by atoms with E-state index in [1.54, 1.807) is 0 Å². The van der Waals surface area contributed by atoms with Crippen molar-refractivity contribution in [2.45, 2.75) is 45.1 Å². The van der Waals surface area contributed by atoms with Crippen LogP contribution < -0.4 is 5.32 Å². The smallest absolute Gasteiger partial charge is 0.0587 e. The second kappa shape index (κ2) is 5.55. The lowest BCUT2D eigenvalue weighted by Gasteiger charge is -2.29. The molecule has 1 fully saturated rings. The Morgan fingerprint density at radius 1 is 1.33 bits per heavy atom. The summed E-state index contributed by atoms with van der Waals surface area (Å²) in [5, 5.41) is 12.5.